The van der Waals surface area contributed by atoms with Gasteiger partial charge in [-0.2, -0.15) is 0 Å². The Bertz CT molecular complexity index is 861. The maximum atomic E-state index is 13.0. The van der Waals surface area contributed by atoms with Crippen molar-refractivity contribution < 1.29 is 8.42 Å². The van der Waals surface area contributed by atoms with Crippen molar-refractivity contribution in [3.8, 4) is 0 Å². The number of hydrogen-bond acceptors (Lipinski definition) is 3. The summed E-state index contributed by atoms with van der Waals surface area (Å²) >= 11 is 11.0. The van der Waals surface area contributed by atoms with Gasteiger partial charge in [0.05, 0.1) is 15.1 Å². The third-order valence-corrected chi connectivity index (χ3v) is 7.31. The highest BCUT2D eigenvalue weighted by molar-refractivity contribution is 7.92. The van der Waals surface area contributed by atoms with Gasteiger partial charge in [-0.25, -0.2) is 8.42 Å². The molecule has 2 aromatic carbocycles. The van der Waals surface area contributed by atoms with Crippen LogP contribution in [0, 0.1) is 5.92 Å². The van der Waals surface area contributed by atoms with Gasteiger partial charge in [-0.1, -0.05) is 55.0 Å². The molecule has 2 N–H and O–H groups in total. The van der Waals surface area contributed by atoms with Gasteiger partial charge in [0.2, 0.25) is 0 Å². The molecule has 3 nitrogen and oxygen atoms in total. The lowest BCUT2D eigenvalue weighted by molar-refractivity contribution is 0.593. The Morgan fingerprint density at radius 2 is 1.71 bits per heavy atom. The molecule has 1 aliphatic rings. The number of nitrogens with two attached hydrogens (primary N) is 1. The van der Waals surface area contributed by atoms with Crippen LogP contribution < -0.4 is 5.73 Å². The summed E-state index contributed by atoms with van der Waals surface area (Å²) in [4.78, 5) is 0.507. The minimum Gasteiger partial charge on any atom is -0.393 e. The maximum absolute atomic E-state index is 13.0. The molecule has 1 aliphatic carbocycles. The zero-order valence-corrected chi connectivity index (χ0v) is 15.5. The molecule has 0 radical (unpaired) electrons. The summed E-state index contributed by atoms with van der Waals surface area (Å²) in [5.74, 6) is -0.512. The summed E-state index contributed by atoms with van der Waals surface area (Å²) in [6.07, 6.45) is 0.941. The van der Waals surface area contributed by atoms with Crippen molar-refractivity contribution in [1.82, 2.24) is 0 Å². The summed E-state index contributed by atoms with van der Waals surface area (Å²) in [7, 11) is -3.52. The highest BCUT2D eigenvalue weighted by Gasteiger charge is 2.60. The van der Waals surface area contributed by atoms with E-state index in [9.17, 15) is 8.42 Å². The summed E-state index contributed by atoms with van der Waals surface area (Å²) in [5.41, 5.74) is 7.99. The van der Waals surface area contributed by atoms with Gasteiger partial charge in [-0.15, -0.1) is 0 Å². The first-order valence-corrected chi connectivity index (χ1v) is 10.1. The molecule has 126 valence electrons. The van der Waals surface area contributed by atoms with Crippen LogP contribution in [0.25, 0.3) is 0 Å². The van der Waals surface area contributed by atoms with Crippen LogP contribution >= 0.6 is 23.8 Å². The van der Waals surface area contributed by atoms with E-state index < -0.39 is 15.1 Å². The minimum absolute atomic E-state index is 0.186. The van der Waals surface area contributed by atoms with Crippen LogP contribution in [0.15, 0.2) is 53.4 Å². The molecular weight excluding hydrogens is 362 g/mol. The number of rotatable bonds is 5. The third kappa shape index (κ3) is 3.08. The van der Waals surface area contributed by atoms with Crippen molar-refractivity contribution in [3.63, 3.8) is 0 Å². The lowest BCUT2D eigenvalue weighted by Crippen LogP contribution is -2.17. The number of thiocarbonyl (C=S) groups is 1. The summed E-state index contributed by atoms with van der Waals surface area (Å²) in [5, 5.41) is -0.106. The van der Waals surface area contributed by atoms with Gasteiger partial charge in [-0.3, -0.25) is 0 Å². The van der Waals surface area contributed by atoms with E-state index in [0.717, 1.165) is 12.0 Å². The molecule has 2 aromatic rings. The van der Waals surface area contributed by atoms with E-state index in [0.29, 0.717) is 5.02 Å². The van der Waals surface area contributed by atoms with Crippen molar-refractivity contribution in [1.29, 1.82) is 0 Å². The van der Waals surface area contributed by atoms with E-state index in [-0.39, 0.29) is 21.7 Å². The van der Waals surface area contributed by atoms with Gasteiger partial charge in [0.1, 0.15) is 0 Å². The van der Waals surface area contributed by atoms with Gasteiger partial charge >= 0.3 is 0 Å². The average Bonchev–Trinajstić information content (AvgIpc) is 3.32. The second kappa shape index (κ2) is 6.47. The molecule has 0 aliphatic heterocycles. The highest BCUT2D eigenvalue weighted by atomic mass is 35.5. The highest BCUT2D eigenvalue weighted by Crippen LogP contribution is 2.54. The predicted molar refractivity (Wildman–Crippen MR) is 101 cm³/mol. The quantitative estimate of drug-likeness (QED) is 0.804. The third-order valence-electron chi connectivity index (χ3n) is 4.56. The van der Waals surface area contributed by atoms with E-state index >= 15 is 0 Å². The number of halogens is 1. The Morgan fingerprint density at radius 1 is 1.12 bits per heavy atom. The lowest BCUT2D eigenvalue weighted by atomic mass is 10.1. The fraction of sp³-hybridized carbons (Fsp3) is 0.278. The molecule has 0 aromatic heterocycles. The predicted octanol–water partition coefficient (Wildman–Crippen LogP) is 3.74. The summed E-state index contributed by atoms with van der Waals surface area (Å²) in [6, 6.07) is 14.2. The monoisotopic (exact) mass is 379 g/mol. The molecule has 0 saturated heterocycles. The van der Waals surface area contributed by atoms with Gasteiger partial charge in [-0.05, 0) is 41.8 Å². The van der Waals surface area contributed by atoms with Gasteiger partial charge in [0, 0.05) is 16.9 Å². The van der Waals surface area contributed by atoms with Gasteiger partial charge < -0.3 is 5.73 Å². The van der Waals surface area contributed by atoms with Crippen molar-refractivity contribution in [2.24, 2.45) is 11.7 Å². The first-order chi connectivity index (χ1) is 11.4. The molecule has 3 rings (SSSR count). The molecule has 0 bridgehead atoms. The Balaban J connectivity index is 1.96. The van der Waals surface area contributed by atoms with Crippen molar-refractivity contribution >= 4 is 38.6 Å². The lowest BCUT2D eigenvalue weighted by Gasteiger charge is -2.05. The van der Waals surface area contributed by atoms with E-state index in [1.54, 1.807) is 12.1 Å². The van der Waals surface area contributed by atoms with Crippen molar-refractivity contribution in [2.75, 3.05) is 0 Å². The van der Waals surface area contributed by atoms with E-state index in [1.807, 2.05) is 24.3 Å². The van der Waals surface area contributed by atoms with Crippen LogP contribution in [0.2, 0.25) is 5.02 Å². The molecule has 0 heterocycles. The molecule has 24 heavy (non-hydrogen) atoms. The molecular formula is C18H18ClNO2S2. The standard InChI is InChI=1S/C18H18ClNO2S2/c1-2-11-3-5-12(6-4-11)15-16(18(20)23)17(15)24(21,22)14-9-7-13(19)8-10-14/h3-10,15-17H,2H2,1H3,(H2,20,23)/t15-,16+,17-/m1/s1. The Morgan fingerprint density at radius 3 is 2.21 bits per heavy atom. The van der Waals surface area contributed by atoms with Crippen LogP contribution in [0.1, 0.15) is 24.0 Å². The zero-order valence-electron chi connectivity index (χ0n) is 13.1. The molecule has 1 fully saturated rings. The van der Waals surface area contributed by atoms with Crippen LogP contribution in [0.3, 0.4) is 0 Å². The zero-order chi connectivity index (χ0) is 17.5. The molecule has 1 saturated carbocycles. The van der Waals surface area contributed by atoms with E-state index in [1.165, 1.54) is 17.7 Å². The molecule has 6 heteroatoms. The maximum Gasteiger partial charge on any atom is 0.182 e. The second-order valence-electron chi connectivity index (χ2n) is 6.01. The van der Waals surface area contributed by atoms with Crippen molar-refractivity contribution in [2.45, 2.75) is 29.4 Å². The van der Waals surface area contributed by atoms with E-state index in [2.05, 4.69) is 6.92 Å². The number of sulfone groups is 1. The van der Waals surface area contributed by atoms with Crippen LogP contribution in [-0.2, 0) is 16.3 Å². The van der Waals surface area contributed by atoms with E-state index in [4.69, 9.17) is 29.6 Å². The summed E-state index contributed by atoms with van der Waals surface area (Å²) < 4.78 is 25.9. The SMILES string of the molecule is CCc1ccc([C@@H]2[C@H](C(N)=S)[C@@H]2S(=O)(=O)c2ccc(Cl)cc2)cc1. The fourth-order valence-electron chi connectivity index (χ4n) is 3.16. The van der Waals surface area contributed by atoms with Crippen molar-refractivity contribution in [3.05, 3.63) is 64.7 Å². The average molecular weight is 380 g/mol. The summed E-state index contributed by atoms with van der Waals surface area (Å²) in [6.45, 7) is 2.08. The second-order valence-corrected chi connectivity index (χ2v) is 9.03. The molecule has 0 unspecified atom stereocenters. The smallest absolute Gasteiger partial charge is 0.182 e. The van der Waals surface area contributed by atoms with Crippen LogP contribution in [-0.4, -0.2) is 18.7 Å². The molecule has 3 atom stereocenters. The molecule has 0 amide bonds. The number of benzene rings is 2. The topological polar surface area (TPSA) is 60.2 Å². The Kier molecular flexibility index (Phi) is 4.69. The number of aryl methyl sites for hydroxylation is 1. The first kappa shape index (κ1) is 17.4. The Hall–Kier alpha value is -1.43. The minimum atomic E-state index is -3.52. The largest absolute Gasteiger partial charge is 0.393 e. The van der Waals surface area contributed by atoms with Crippen LogP contribution in [0.4, 0.5) is 0 Å². The van der Waals surface area contributed by atoms with Gasteiger partial charge in [0.25, 0.3) is 0 Å². The van der Waals surface area contributed by atoms with Gasteiger partial charge in [0.15, 0.2) is 9.84 Å². The number of hydrogen-bond donors (Lipinski definition) is 1. The first-order valence-electron chi connectivity index (χ1n) is 7.74. The Labute approximate surface area is 152 Å². The molecule has 0 spiro atoms. The normalized spacial score (nSPS) is 23.0. The fourth-order valence-corrected chi connectivity index (χ4v) is 5.82. The van der Waals surface area contributed by atoms with Crippen LogP contribution in [0.5, 0.6) is 0 Å².